The minimum atomic E-state index is -4.15. The Morgan fingerprint density at radius 2 is 1.56 bits per heavy atom. The standard InChI is InChI=1S/C29H33N3O6S/c1-3-16-30-29(34)22(2)31(20-23-10-6-4-7-11-23)28(33)21-32(39(35,36)25-12-8-5-9-13-25)24-14-15-26-27(19-24)38-18-17-37-26/h4-15,19,22H,3,16-18,20-21H2,1-2H3,(H,30,34)/t22-/m0/s1. The van der Waals surface area contributed by atoms with Gasteiger partial charge < -0.3 is 19.7 Å². The zero-order valence-corrected chi connectivity index (χ0v) is 22.9. The number of sulfonamides is 1. The van der Waals surface area contributed by atoms with Crippen LogP contribution in [0.1, 0.15) is 25.8 Å². The molecule has 3 aromatic carbocycles. The maximum atomic E-state index is 13.9. The van der Waals surface area contributed by atoms with E-state index in [-0.39, 0.29) is 23.0 Å². The smallest absolute Gasteiger partial charge is 0.264 e. The second kappa shape index (κ2) is 12.7. The van der Waals surface area contributed by atoms with E-state index in [4.69, 9.17) is 9.47 Å². The average Bonchev–Trinajstić information content (AvgIpc) is 2.97. The van der Waals surface area contributed by atoms with Crippen LogP contribution in [0, 0.1) is 0 Å². The summed E-state index contributed by atoms with van der Waals surface area (Å²) in [6, 6.07) is 21.1. The summed E-state index contributed by atoms with van der Waals surface area (Å²) in [6.45, 7) is 4.40. The van der Waals surface area contributed by atoms with Crippen molar-refractivity contribution in [2.24, 2.45) is 0 Å². The molecule has 0 fully saturated rings. The van der Waals surface area contributed by atoms with Crippen molar-refractivity contribution in [1.29, 1.82) is 0 Å². The summed E-state index contributed by atoms with van der Waals surface area (Å²) in [6.07, 6.45) is 0.748. The molecule has 0 unspecified atom stereocenters. The van der Waals surface area contributed by atoms with Crippen LogP contribution in [0.15, 0.2) is 83.8 Å². The number of rotatable bonds is 11. The van der Waals surface area contributed by atoms with Crippen LogP contribution in [0.2, 0.25) is 0 Å². The summed E-state index contributed by atoms with van der Waals surface area (Å²) in [5.41, 5.74) is 1.07. The highest BCUT2D eigenvalue weighted by molar-refractivity contribution is 7.92. The summed E-state index contributed by atoms with van der Waals surface area (Å²) in [7, 11) is -4.15. The van der Waals surface area contributed by atoms with E-state index in [1.54, 1.807) is 43.3 Å². The second-order valence-corrected chi connectivity index (χ2v) is 11.0. The fourth-order valence-electron chi connectivity index (χ4n) is 4.19. The molecular weight excluding hydrogens is 518 g/mol. The molecule has 1 N–H and O–H groups in total. The zero-order valence-electron chi connectivity index (χ0n) is 22.1. The van der Waals surface area contributed by atoms with Crippen molar-refractivity contribution in [1.82, 2.24) is 10.2 Å². The van der Waals surface area contributed by atoms with Crippen LogP contribution in [-0.4, -0.2) is 57.5 Å². The van der Waals surface area contributed by atoms with Crippen molar-refractivity contribution in [3.8, 4) is 11.5 Å². The number of carbonyl (C=O) groups is 2. The second-order valence-electron chi connectivity index (χ2n) is 9.13. The van der Waals surface area contributed by atoms with E-state index in [0.29, 0.717) is 31.3 Å². The van der Waals surface area contributed by atoms with Crippen molar-refractivity contribution < 1.29 is 27.5 Å². The topological polar surface area (TPSA) is 105 Å². The molecule has 2 amide bonds. The minimum absolute atomic E-state index is 0.0380. The quantitative estimate of drug-likeness (QED) is 0.391. The average molecular weight is 552 g/mol. The van der Waals surface area contributed by atoms with Gasteiger partial charge in [-0.05, 0) is 43.2 Å². The summed E-state index contributed by atoms with van der Waals surface area (Å²) in [5.74, 6) is 0.0681. The van der Waals surface area contributed by atoms with Gasteiger partial charge in [-0.2, -0.15) is 0 Å². The van der Waals surface area contributed by atoms with Crippen LogP contribution in [-0.2, 0) is 26.2 Å². The molecule has 0 radical (unpaired) electrons. The van der Waals surface area contributed by atoms with E-state index in [1.807, 2.05) is 37.3 Å². The molecule has 0 aliphatic carbocycles. The van der Waals surface area contributed by atoms with Gasteiger partial charge in [0.05, 0.1) is 10.6 Å². The first-order chi connectivity index (χ1) is 18.8. The Morgan fingerprint density at radius 1 is 0.923 bits per heavy atom. The normalized spacial score (nSPS) is 13.3. The van der Waals surface area contributed by atoms with Gasteiger partial charge in [0.2, 0.25) is 11.8 Å². The van der Waals surface area contributed by atoms with Gasteiger partial charge in [0.15, 0.2) is 11.5 Å². The largest absolute Gasteiger partial charge is 0.486 e. The van der Waals surface area contributed by atoms with Crippen molar-refractivity contribution >= 4 is 27.5 Å². The molecule has 0 bridgehead atoms. The lowest BCUT2D eigenvalue weighted by atomic mass is 10.1. The van der Waals surface area contributed by atoms with Crippen molar-refractivity contribution in [2.75, 3.05) is 30.6 Å². The molecular formula is C29H33N3O6S. The minimum Gasteiger partial charge on any atom is -0.486 e. The Balaban J connectivity index is 1.71. The third-order valence-corrected chi connectivity index (χ3v) is 8.12. The molecule has 0 spiro atoms. The third kappa shape index (κ3) is 6.69. The molecule has 1 heterocycles. The van der Waals surface area contributed by atoms with E-state index < -0.39 is 28.5 Å². The highest BCUT2D eigenvalue weighted by Gasteiger charge is 2.33. The number of amides is 2. The lowest BCUT2D eigenvalue weighted by Gasteiger charge is -2.32. The maximum absolute atomic E-state index is 13.9. The molecule has 0 aromatic heterocycles. The van der Waals surface area contributed by atoms with E-state index in [2.05, 4.69) is 5.32 Å². The summed E-state index contributed by atoms with van der Waals surface area (Å²) >= 11 is 0. The molecule has 0 saturated carbocycles. The number of anilines is 1. The number of carbonyl (C=O) groups excluding carboxylic acids is 2. The number of ether oxygens (including phenoxy) is 2. The molecule has 9 nitrogen and oxygen atoms in total. The number of hydrogen-bond donors (Lipinski definition) is 1. The van der Waals surface area contributed by atoms with Crippen molar-refractivity contribution in [2.45, 2.75) is 37.8 Å². The van der Waals surface area contributed by atoms with Gasteiger partial charge in [0.1, 0.15) is 25.8 Å². The molecule has 1 atom stereocenters. The number of hydrogen-bond acceptors (Lipinski definition) is 6. The van der Waals surface area contributed by atoms with Crippen LogP contribution < -0.4 is 19.1 Å². The SMILES string of the molecule is CCCNC(=O)[C@H](C)N(Cc1ccccc1)C(=O)CN(c1ccc2c(c1)OCCO2)S(=O)(=O)c1ccccc1. The summed E-state index contributed by atoms with van der Waals surface area (Å²) < 4.78 is 40.1. The Labute approximate surface area is 229 Å². The van der Waals surface area contributed by atoms with Gasteiger partial charge in [-0.3, -0.25) is 13.9 Å². The Morgan fingerprint density at radius 3 is 2.23 bits per heavy atom. The van der Waals surface area contributed by atoms with Crippen LogP contribution >= 0.6 is 0 Å². The third-order valence-electron chi connectivity index (χ3n) is 6.34. The van der Waals surface area contributed by atoms with E-state index in [1.165, 1.54) is 17.0 Å². The lowest BCUT2D eigenvalue weighted by molar-refractivity contribution is -0.139. The van der Waals surface area contributed by atoms with Gasteiger partial charge in [0.25, 0.3) is 10.0 Å². The fraction of sp³-hybridized carbons (Fsp3) is 0.310. The monoisotopic (exact) mass is 551 g/mol. The zero-order chi connectivity index (χ0) is 27.8. The predicted molar refractivity (Wildman–Crippen MR) is 148 cm³/mol. The molecule has 1 aliphatic rings. The molecule has 3 aromatic rings. The maximum Gasteiger partial charge on any atom is 0.264 e. The molecule has 1 aliphatic heterocycles. The summed E-state index contributed by atoms with van der Waals surface area (Å²) in [5, 5.41) is 2.83. The Hall–Kier alpha value is -4.05. The first-order valence-corrected chi connectivity index (χ1v) is 14.3. The van der Waals surface area contributed by atoms with E-state index >= 15 is 0 Å². The lowest BCUT2D eigenvalue weighted by Crippen LogP contribution is -2.51. The number of benzene rings is 3. The molecule has 0 saturated heterocycles. The van der Waals surface area contributed by atoms with Crippen LogP contribution in [0.3, 0.4) is 0 Å². The Kier molecular flexibility index (Phi) is 9.08. The highest BCUT2D eigenvalue weighted by atomic mass is 32.2. The van der Waals surface area contributed by atoms with Crippen molar-refractivity contribution in [3.05, 3.63) is 84.4 Å². The molecule has 4 rings (SSSR count). The highest BCUT2D eigenvalue weighted by Crippen LogP contribution is 2.36. The fourth-order valence-corrected chi connectivity index (χ4v) is 5.62. The Bertz CT molecular complexity index is 1380. The van der Waals surface area contributed by atoms with Crippen molar-refractivity contribution in [3.63, 3.8) is 0 Å². The predicted octanol–water partition coefficient (Wildman–Crippen LogP) is 3.60. The molecule has 39 heavy (non-hydrogen) atoms. The van der Waals surface area contributed by atoms with Gasteiger partial charge in [-0.15, -0.1) is 0 Å². The van der Waals surface area contributed by atoms with E-state index in [9.17, 15) is 18.0 Å². The van der Waals surface area contributed by atoms with Gasteiger partial charge in [0, 0.05) is 19.2 Å². The van der Waals surface area contributed by atoms with Crippen LogP contribution in [0.5, 0.6) is 11.5 Å². The van der Waals surface area contributed by atoms with Crippen LogP contribution in [0.25, 0.3) is 0 Å². The van der Waals surface area contributed by atoms with Gasteiger partial charge in [-0.1, -0.05) is 55.5 Å². The number of nitrogens with zero attached hydrogens (tertiary/aromatic N) is 2. The first kappa shape index (κ1) is 28.0. The first-order valence-electron chi connectivity index (χ1n) is 12.9. The van der Waals surface area contributed by atoms with Gasteiger partial charge in [-0.25, -0.2) is 8.42 Å². The summed E-state index contributed by atoms with van der Waals surface area (Å²) in [4.78, 5) is 28.3. The number of nitrogens with one attached hydrogen (secondary N) is 1. The van der Waals surface area contributed by atoms with E-state index in [0.717, 1.165) is 16.3 Å². The van der Waals surface area contributed by atoms with Crippen LogP contribution in [0.4, 0.5) is 5.69 Å². The molecule has 10 heteroatoms. The number of fused-ring (bicyclic) bond motifs is 1. The van der Waals surface area contributed by atoms with Gasteiger partial charge >= 0.3 is 0 Å². The molecule has 206 valence electrons.